The van der Waals surface area contributed by atoms with E-state index in [0.29, 0.717) is 16.1 Å². The van der Waals surface area contributed by atoms with Crippen molar-refractivity contribution in [1.82, 2.24) is 15.0 Å². The number of rotatable bonds is 4. The topological polar surface area (TPSA) is 64.7 Å². The van der Waals surface area contributed by atoms with Crippen LogP contribution in [-0.4, -0.2) is 20.2 Å². The standard InChI is InChI=1S/C23H19ClN4S/c24-18-13-16(12-15-8-5-11-26-19(15)18)21-20(14-6-2-1-3-7-14)27-22(25)23(28-21)29-17-9-4-10-17/h1-3,5-8,11-13,17H,4,9-10H2,(H2,25,27). The Morgan fingerprint density at radius 1 is 0.931 bits per heavy atom. The lowest BCUT2D eigenvalue weighted by Gasteiger charge is -2.24. The molecule has 2 N–H and O–H groups in total. The van der Waals surface area contributed by atoms with Crippen LogP contribution in [0.2, 0.25) is 5.02 Å². The summed E-state index contributed by atoms with van der Waals surface area (Å²) in [5.41, 5.74) is 10.6. The second-order valence-electron chi connectivity index (χ2n) is 7.18. The molecule has 4 aromatic rings. The zero-order valence-electron chi connectivity index (χ0n) is 15.7. The molecule has 29 heavy (non-hydrogen) atoms. The van der Waals surface area contributed by atoms with Crippen molar-refractivity contribution in [3.63, 3.8) is 0 Å². The number of hydrogen-bond donors (Lipinski definition) is 1. The number of pyridine rings is 1. The Hall–Kier alpha value is -2.63. The Bertz CT molecular complexity index is 1190. The van der Waals surface area contributed by atoms with Gasteiger partial charge < -0.3 is 5.73 Å². The van der Waals surface area contributed by atoms with Gasteiger partial charge in [0.1, 0.15) is 5.03 Å². The molecule has 5 rings (SSSR count). The number of halogens is 1. The van der Waals surface area contributed by atoms with Crippen molar-refractivity contribution in [3.05, 3.63) is 65.8 Å². The van der Waals surface area contributed by atoms with Gasteiger partial charge in [0.15, 0.2) is 5.82 Å². The predicted molar refractivity (Wildman–Crippen MR) is 121 cm³/mol. The summed E-state index contributed by atoms with van der Waals surface area (Å²) < 4.78 is 0. The van der Waals surface area contributed by atoms with Crippen LogP contribution in [0.5, 0.6) is 0 Å². The van der Waals surface area contributed by atoms with Crippen LogP contribution in [0.25, 0.3) is 33.4 Å². The minimum absolute atomic E-state index is 0.484. The molecule has 0 aliphatic heterocycles. The Morgan fingerprint density at radius 3 is 2.48 bits per heavy atom. The molecule has 1 aliphatic rings. The molecule has 4 nitrogen and oxygen atoms in total. The fourth-order valence-electron chi connectivity index (χ4n) is 3.45. The summed E-state index contributed by atoms with van der Waals surface area (Å²) in [5, 5.41) is 2.95. The van der Waals surface area contributed by atoms with E-state index in [0.717, 1.165) is 38.4 Å². The summed E-state index contributed by atoms with van der Waals surface area (Å²) in [5.74, 6) is 0.484. The maximum atomic E-state index is 6.56. The van der Waals surface area contributed by atoms with E-state index in [-0.39, 0.29) is 0 Å². The third-order valence-electron chi connectivity index (χ3n) is 5.20. The monoisotopic (exact) mass is 418 g/mol. The Balaban J connectivity index is 1.71. The van der Waals surface area contributed by atoms with Crippen LogP contribution in [-0.2, 0) is 0 Å². The van der Waals surface area contributed by atoms with Crippen molar-refractivity contribution < 1.29 is 0 Å². The first-order chi connectivity index (χ1) is 14.2. The molecular weight excluding hydrogens is 400 g/mol. The summed E-state index contributed by atoms with van der Waals surface area (Å²) in [6, 6.07) is 17.9. The molecule has 144 valence electrons. The van der Waals surface area contributed by atoms with E-state index in [1.54, 1.807) is 18.0 Å². The first-order valence-corrected chi connectivity index (χ1v) is 10.9. The molecule has 0 spiro atoms. The lowest BCUT2D eigenvalue weighted by atomic mass is 10.0. The number of nitrogens with zero attached hydrogens (tertiary/aromatic N) is 3. The number of hydrogen-bond acceptors (Lipinski definition) is 5. The van der Waals surface area contributed by atoms with Gasteiger partial charge in [-0.2, -0.15) is 0 Å². The highest BCUT2D eigenvalue weighted by Crippen LogP contribution is 2.41. The summed E-state index contributed by atoms with van der Waals surface area (Å²) in [4.78, 5) is 14.2. The highest BCUT2D eigenvalue weighted by Gasteiger charge is 2.23. The molecular formula is C23H19ClN4S. The van der Waals surface area contributed by atoms with Crippen LogP contribution < -0.4 is 5.73 Å². The number of nitrogens with two attached hydrogens (primary N) is 1. The first-order valence-electron chi connectivity index (χ1n) is 9.63. The van der Waals surface area contributed by atoms with Crippen molar-refractivity contribution >= 4 is 40.1 Å². The average molecular weight is 419 g/mol. The van der Waals surface area contributed by atoms with E-state index in [2.05, 4.69) is 11.1 Å². The molecule has 0 saturated heterocycles. The predicted octanol–water partition coefficient (Wildman–Crippen LogP) is 6.24. The molecule has 2 aromatic carbocycles. The van der Waals surface area contributed by atoms with Crippen molar-refractivity contribution in [2.24, 2.45) is 0 Å². The van der Waals surface area contributed by atoms with Gasteiger partial charge in [0.25, 0.3) is 0 Å². The molecule has 0 bridgehead atoms. The maximum Gasteiger partial charge on any atom is 0.156 e. The Morgan fingerprint density at radius 2 is 1.72 bits per heavy atom. The van der Waals surface area contributed by atoms with Crippen LogP contribution in [0, 0.1) is 0 Å². The maximum absolute atomic E-state index is 6.56. The first kappa shape index (κ1) is 18.4. The van der Waals surface area contributed by atoms with Gasteiger partial charge in [-0.15, -0.1) is 0 Å². The zero-order chi connectivity index (χ0) is 19.8. The van der Waals surface area contributed by atoms with E-state index in [4.69, 9.17) is 27.3 Å². The lowest BCUT2D eigenvalue weighted by Crippen LogP contribution is -2.14. The smallest absolute Gasteiger partial charge is 0.156 e. The molecule has 2 aromatic heterocycles. The number of aromatic nitrogens is 3. The number of anilines is 1. The van der Waals surface area contributed by atoms with E-state index < -0.39 is 0 Å². The number of fused-ring (bicyclic) bond motifs is 1. The fourth-order valence-corrected chi connectivity index (χ4v) is 4.92. The summed E-state index contributed by atoms with van der Waals surface area (Å²) >= 11 is 8.29. The van der Waals surface area contributed by atoms with Gasteiger partial charge in [0.05, 0.1) is 21.9 Å². The van der Waals surface area contributed by atoms with Gasteiger partial charge in [-0.1, -0.05) is 66.2 Å². The minimum atomic E-state index is 0.484. The van der Waals surface area contributed by atoms with Gasteiger partial charge in [0.2, 0.25) is 0 Å². The van der Waals surface area contributed by atoms with Crippen LogP contribution in [0.1, 0.15) is 19.3 Å². The molecule has 0 atom stereocenters. The van der Waals surface area contributed by atoms with Gasteiger partial charge in [0, 0.05) is 28.0 Å². The normalized spacial score (nSPS) is 14.1. The number of benzene rings is 2. The second kappa shape index (κ2) is 7.65. The molecule has 2 heterocycles. The molecule has 1 saturated carbocycles. The third-order valence-corrected chi connectivity index (χ3v) is 6.82. The molecule has 1 fully saturated rings. The number of thioether (sulfide) groups is 1. The molecule has 1 aliphatic carbocycles. The molecule has 0 unspecified atom stereocenters. The van der Waals surface area contributed by atoms with Gasteiger partial charge in [-0.25, -0.2) is 9.97 Å². The fraction of sp³-hybridized carbons (Fsp3) is 0.174. The van der Waals surface area contributed by atoms with E-state index in [1.807, 2.05) is 48.5 Å². The molecule has 6 heteroatoms. The quantitative estimate of drug-likeness (QED) is 0.425. The summed E-state index contributed by atoms with van der Waals surface area (Å²) in [6.07, 6.45) is 5.43. The highest BCUT2D eigenvalue weighted by atomic mass is 35.5. The van der Waals surface area contributed by atoms with Crippen molar-refractivity contribution in [2.45, 2.75) is 29.5 Å². The number of nitrogen functional groups attached to an aromatic ring is 1. The SMILES string of the molecule is Nc1nc(-c2ccccc2)c(-c2cc(Cl)c3ncccc3c2)nc1SC1CCC1. The van der Waals surface area contributed by atoms with Crippen LogP contribution in [0.15, 0.2) is 65.8 Å². The lowest BCUT2D eigenvalue weighted by molar-refractivity contribution is 0.521. The van der Waals surface area contributed by atoms with Crippen molar-refractivity contribution in [3.8, 4) is 22.5 Å². The van der Waals surface area contributed by atoms with Crippen molar-refractivity contribution in [1.29, 1.82) is 0 Å². The molecule has 0 amide bonds. The van der Waals surface area contributed by atoms with Gasteiger partial charge in [-0.05, 0) is 31.0 Å². The average Bonchev–Trinajstić information content (AvgIpc) is 2.72. The third kappa shape index (κ3) is 3.56. The van der Waals surface area contributed by atoms with E-state index in [1.165, 1.54) is 19.3 Å². The van der Waals surface area contributed by atoms with Crippen LogP contribution in [0.4, 0.5) is 5.82 Å². The van der Waals surface area contributed by atoms with Gasteiger partial charge >= 0.3 is 0 Å². The summed E-state index contributed by atoms with van der Waals surface area (Å²) in [7, 11) is 0. The molecule has 0 radical (unpaired) electrons. The van der Waals surface area contributed by atoms with Gasteiger partial charge in [-0.3, -0.25) is 4.98 Å². The van der Waals surface area contributed by atoms with E-state index >= 15 is 0 Å². The van der Waals surface area contributed by atoms with E-state index in [9.17, 15) is 0 Å². The van der Waals surface area contributed by atoms with Crippen LogP contribution in [0.3, 0.4) is 0 Å². The summed E-state index contributed by atoms with van der Waals surface area (Å²) in [6.45, 7) is 0. The zero-order valence-corrected chi connectivity index (χ0v) is 17.2. The Labute approximate surface area is 178 Å². The highest BCUT2D eigenvalue weighted by molar-refractivity contribution is 8.00. The minimum Gasteiger partial charge on any atom is -0.381 e. The van der Waals surface area contributed by atoms with Crippen LogP contribution >= 0.6 is 23.4 Å². The Kier molecular flexibility index (Phi) is 4.86. The second-order valence-corrected chi connectivity index (χ2v) is 8.88. The van der Waals surface area contributed by atoms with Crippen molar-refractivity contribution in [2.75, 3.05) is 5.73 Å². The largest absolute Gasteiger partial charge is 0.381 e.